The molecule has 3 rings (SSSR count). The van der Waals surface area contributed by atoms with Gasteiger partial charge in [0.05, 0.1) is 11.4 Å². The van der Waals surface area contributed by atoms with Crippen molar-refractivity contribution in [3.63, 3.8) is 0 Å². The van der Waals surface area contributed by atoms with Crippen LogP contribution in [0.3, 0.4) is 0 Å². The number of hydrogen-bond acceptors (Lipinski definition) is 12. The molecule has 0 fully saturated rings. The van der Waals surface area contributed by atoms with Crippen LogP contribution in [0.5, 0.6) is 0 Å². The fourth-order valence-corrected chi connectivity index (χ4v) is 4.37. The van der Waals surface area contributed by atoms with Gasteiger partial charge in [0, 0.05) is 19.3 Å². The summed E-state index contributed by atoms with van der Waals surface area (Å²) in [6.07, 6.45) is 0. The van der Waals surface area contributed by atoms with Gasteiger partial charge in [0.2, 0.25) is 17.2 Å². The van der Waals surface area contributed by atoms with Crippen molar-refractivity contribution in [1.29, 1.82) is 0 Å². The lowest BCUT2D eigenvalue weighted by Gasteiger charge is -2.17. The van der Waals surface area contributed by atoms with E-state index < -0.39 is 36.9 Å². The average molecular weight is 600 g/mol. The summed E-state index contributed by atoms with van der Waals surface area (Å²) in [5.41, 5.74) is 6.17. The lowest BCUT2D eigenvalue weighted by atomic mass is 10.2. The summed E-state index contributed by atoms with van der Waals surface area (Å²) >= 11 is 5.97. The molecule has 0 saturated heterocycles. The number of hydrogen-bond donors (Lipinski definition) is 5. The van der Waals surface area contributed by atoms with Gasteiger partial charge in [-0.3, -0.25) is 9.11 Å². The minimum Gasteiger partial charge on any atom is -0.351 e. The van der Waals surface area contributed by atoms with Gasteiger partial charge in [-0.15, -0.1) is 10.2 Å². The van der Waals surface area contributed by atoms with Crippen molar-refractivity contribution >= 4 is 72.5 Å². The van der Waals surface area contributed by atoms with E-state index in [1.54, 1.807) is 13.0 Å². The van der Waals surface area contributed by atoms with Crippen LogP contribution in [0.15, 0.2) is 51.5 Å². The molecule has 0 aliphatic rings. The standard InChI is InChI=1S/C20H22ClN9O7S2/c1-11-3-5-14(16(9-11)39(35,36)37)29-28-13-6-4-12(10-15(13)24-18(22)31)23-19-25-17(21)26-20(27-19)30(2)7-8-38(32,33)34/h3-6,9-10H,7-8H2,1-2H3,(H3,22,24,31)(H,32,33,34)(H,35,36,37)(H,23,25,26,27). The normalized spacial score (nSPS) is 11.9. The Bertz CT molecular complexity index is 1650. The van der Waals surface area contributed by atoms with Gasteiger partial charge in [0.25, 0.3) is 20.2 Å². The largest absolute Gasteiger partial charge is 0.351 e. The van der Waals surface area contributed by atoms with Gasteiger partial charge in [-0.2, -0.15) is 31.8 Å². The number of primary amides is 1. The molecule has 0 radical (unpaired) electrons. The van der Waals surface area contributed by atoms with Gasteiger partial charge in [0.1, 0.15) is 16.3 Å². The second-order valence-electron chi connectivity index (χ2n) is 7.93. The summed E-state index contributed by atoms with van der Waals surface area (Å²) in [5.74, 6) is -0.600. The highest BCUT2D eigenvalue weighted by Crippen LogP contribution is 2.33. The summed E-state index contributed by atoms with van der Waals surface area (Å²) in [6.45, 7) is 1.50. The Morgan fingerprint density at radius 3 is 2.36 bits per heavy atom. The predicted molar refractivity (Wildman–Crippen MR) is 143 cm³/mol. The van der Waals surface area contributed by atoms with E-state index in [4.69, 9.17) is 21.9 Å². The lowest BCUT2D eigenvalue weighted by Crippen LogP contribution is -2.27. The second-order valence-corrected chi connectivity index (χ2v) is 11.2. The molecule has 0 spiro atoms. The number of aryl methyl sites for hydroxylation is 1. The number of nitrogens with one attached hydrogen (secondary N) is 2. The number of aromatic nitrogens is 3. The van der Waals surface area contributed by atoms with Crippen LogP contribution in [0.1, 0.15) is 5.56 Å². The van der Waals surface area contributed by atoms with E-state index in [0.717, 1.165) is 0 Å². The molecule has 19 heteroatoms. The molecule has 0 bridgehead atoms. The lowest BCUT2D eigenvalue weighted by molar-refractivity contribution is 0.259. The van der Waals surface area contributed by atoms with Crippen molar-refractivity contribution in [1.82, 2.24) is 15.0 Å². The number of anilines is 4. The molecule has 16 nitrogen and oxygen atoms in total. The van der Waals surface area contributed by atoms with Crippen LogP contribution in [0.4, 0.5) is 39.4 Å². The molecule has 6 N–H and O–H groups in total. The number of amides is 2. The van der Waals surface area contributed by atoms with E-state index in [9.17, 15) is 26.2 Å². The van der Waals surface area contributed by atoms with Gasteiger partial charge in [-0.05, 0) is 54.4 Å². The van der Waals surface area contributed by atoms with E-state index in [0.29, 0.717) is 11.3 Å². The van der Waals surface area contributed by atoms with Gasteiger partial charge < -0.3 is 21.3 Å². The smallest absolute Gasteiger partial charge is 0.316 e. The van der Waals surface area contributed by atoms with Gasteiger partial charge >= 0.3 is 6.03 Å². The number of azo groups is 1. The number of carbonyl (C=O) groups excluding carboxylic acids is 1. The van der Waals surface area contributed by atoms with E-state index in [1.165, 1.54) is 42.3 Å². The van der Waals surface area contributed by atoms with Crippen molar-refractivity contribution in [2.24, 2.45) is 16.0 Å². The average Bonchev–Trinajstić information content (AvgIpc) is 2.81. The molecular weight excluding hydrogens is 578 g/mol. The molecule has 2 aromatic carbocycles. The summed E-state index contributed by atoms with van der Waals surface area (Å²) in [7, 11) is -7.32. The number of urea groups is 1. The Kier molecular flexibility index (Phi) is 8.97. The second kappa shape index (κ2) is 11.8. The van der Waals surface area contributed by atoms with Gasteiger partial charge in [-0.25, -0.2) is 4.79 Å². The van der Waals surface area contributed by atoms with Crippen molar-refractivity contribution in [3.8, 4) is 0 Å². The van der Waals surface area contributed by atoms with Crippen LogP contribution < -0.4 is 21.3 Å². The molecule has 208 valence electrons. The number of benzene rings is 2. The number of nitrogens with two attached hydrogens (primary N) is 1. The summed E-state index contributed by atoms with van der Waals surface area (Å²) < 4.78 is 64.0. The third kappa shape index (κ3) is 8.79. The zero-order valence-corrected chi connectivity index (χ0v) is 22.7. The van der Waals surface area contributed by atoms with Crippen LogP contribution in [0.2, 0.25) is 5.28 Å². The number of rotatable bonds is 10. The first-order chi connectivity index (χ1) is 18.1. The monoisotopic (exact) mass is 599 g/mol. The molecule has 3 aromatic rings. The first-order valence-corrected chi connectivity index (χ1v) is 14.1. The Morgan fingerprint density at radius 1 is 1.05 bits per heavy atom. The summed E-state index contributed by atoms with van der Waals surface area (Å²) in [5, 5.41) is 12.9. The molecule has 0 saturated carbocycles. The maximum atomic E-state index is 11.7. The van der Waals surface area contributed by atoms with E-state index in [2.05, 4.69) is 35.8 Å². The first-order valence-electron chi connectivity index (χ1n) is 10.7. The quantitative estimate of drug-likeness (QED) is 0.167. The van der Waals surface area contributed by atoms with Crippen LogP contribution in [0.25, 0.3) is 0 Å². The molecular formula is C20H22ClN9O7S2. The minimum absolute atomic E-state index is 0.00907. The first kappa shape index (κ1) is 29.6. The van der Waals surface area contributed by atoms with Crippen LogP contribution in [-0.2, 0) is 20.2 Å². The molecule has 0 atom stereocenters. The molecule has 2 amide bonds. The predicted octanol–water partition coefficient (Wildman–Crippen LogP) is 3.05. The molecule has 39 heavy (non-hydrogen) atoms. The third-order valence-corrected chi connectivity index (χ3v) is 6.54. The SMILES string of the molecule is Cc1ccc(N=Nc2ccc(Nc3nc(Cl)nc(N(C)CCS(=O)(=O)O)n3)cc2NC(N)=O)c(S(=O)(=O)O)c1. The van der Waals surface area contributed by atoms with Crippen molar-refractivity contribution < 1.29 is 30.7 Å². The minimum atomic E-state index is -4.58. The third-order valence-electron chi connectivity index (χ3n) is 4.79. The number of nitrogens with zero attached hydrogens (tertiary/aromatic N) is 6. The van der Waals surface area contributed by atoms with Crippen molar-refractivity contribution in [2.45, 2.75) is 11.8 Å². The number of carbonyl (C=O) groups is 1. The number of halogens is 1. The Balaban J connectivity index is 1.92. The van der Waals surface area contributed by atoms with Crippen LogP contribution in [0, 0.1) is 6.92 Å². The van der Waals surface area contributed by atoms with E-state index >= 15 is 0 Å². The highest BCUT2D eigenvalue weighted by molar-refractivity contribution is 7.86. The maximum absolute atomic E-state index is 11.7. The maximum Gasteiger partial charge on any atom is 0.316 e. The fraction of sp³-hybridized carbons (Fsp3) is 0.200. The molecule has 0 unspecified atom stereocenters. The molecule has 0 aliphatic carbocycles. The Labute approximate surface area is 227 Å². The fourth-order valence-electron chi connectivity index (χ4n) is 3.00. The molecule has 1 heterocycles. The topological polar surface area (TPSA) is 243 Å². The van der Waals surface area contributed by atoms with Gasteiger partial charge in [-0.1, -0.05) is 6.07 Å². The Morgan fingerprint density at radius 2 is 1.72 bits per heavy atom. The highest BCUT2D eigenvalue weighted by Gasteiger charge is 2.17. The zero-order chi connectivity index (χ0) is 29.0. The van der Waals surface area contributed by atoms with Gasteiger partial charge in [0.15, 0.2) is 0 Å². The van der Waals surface area contributed by atoms with E-state index in [-0.39, 0.29) is 40.8 Å². The summed E-state index contributed by atoms with van der Waals surface area (Å²) in [6, 6.07) is 7.55. The highest BCUT2D eigenvalue weighted by atomic mass is 35.5. The van der Waals surface area contributed by atoms with E-state index in [1.807, 2.05) is 0 Å². The molecule has 0 aliphatic heterocycles. The molecule has 1 aromatic heterocycles. The van der Waals surface area contributed by atoms with Crippen LogP contribution in [-0.4, -0.2) is 66.3 Å². The summed E-state index contributed by atoms with van der Waals surface area (Å²) in [4.78, 5) is 24.5. The van der Waals surface area contributed by atoms with Crippen molar-refractivity contribution in [3.05, 3.63) is 47.2 Å². The zero-order valence-electron chi connectivity index (χ0n) is 20.3. The van der Waals surface area contributed by atoms with Crippen molar-refractivity contribution in [2.75, 3.05) is 34.9 Å². The Hall–Kier alpha value is -3.97. The van der Waals surface area contributed by atoms with Crippen LogP contribution >= 0.6 is 11.6 Å².